The predicted octanol–water partition coefficient (Wildman–Crippen LogP) is 1.94. The molecule has 1 aromatic carbocycles. The number of alkyl carbamates (subject to hydrolysis) is 1. The maximum absolute atomic E-state index is 14.8. The van der Waals surface area contributed by atoms with E-state index in [1.807, 2.05) is 12.3 Å². The van der Waals surface area contributed by atoms with E-state index in [4.69, 9.17) is 4.74 Å². The number of benzene rings is 1. The number of nitrogens with one attached hydrogen (secondary N) is 1. The Morgan fingerprint density at radius 1 is 1.43 bits per heavy atom. The van der Waals surface area contributed by atoms with Gasteiger partial charge in [0.15, 0.2) is 0 Å². The third-order valence-electron chi connectivity index (χ3n) is 4.57. The molecule has 4 rings (SSSR count). The first-order valence-corrected chi connectivity index (χ1v) is 9.13. The minimum Gasteiger partial charge on any atom is -0.453 e. The summed E-state index contributed by atoms with van der Waals surface area (Å²) in [6, 6.07) is 6.27. The van der Waals surface area contributed by atoms with E-state index in [1.54, 1.807) is 33.8 Å². The molecule has 11 heteroatoms. The van der Waals surface area contributed by atoms with E-state index in [1.165, 1.54) is 24.4 Å². The largest absolute Gasteiger partial charge is 0.453 e. The molecule has 1 N–H and O–H groups in total. The molecule has 1 atom stereocenters. The van der Waals surface area contributed by atoms with Gasteiger partial charge in [-0.1, -0.05) is 0 Å². The Morgan fingerprint density at radius 3 is 3.03 bits per heavy atom. The van der Waals surface area contributed by atoms with Crippen LogP contribution in [0.5, 0.6) is 0 Å². The Kier molecular flexibility index (Phi) is 5.33. The number of ether oxygens (including phenoxy) is 2. The van der Waals surface area contributed by atoms with Gasteiger partial charge >= 0.3 is 12.2 Å². The first-order valence-electron chi connectivity index (χ1n) is 9.13. The third-order valence-corrected chi connectivity index (χ3v) is 4.57. The lowest BCUT2D eigenvalue weighted by atomic mass is 10.2. The number of cyclic esters (lactones) is 1. The summed E-state index contributed by atoms with van der Waals surface area (Å²) in [5.41, 5.74) is 1.39. The third kappa shape index (κ3) is 4.09. The van der Waals surface area contributed by atoms with Crippen LogP contribution in [-0.2, 0) is 16.0 Å². The topological polar surface area (TPSA) is 104 Å². The number of methoxy groups -OCH3 is 1. The van der Waals surface area contributed by atoms with Crippen LogP contribution in [-0.4, -0.2) is 57.8 Å². The number of anilines is 1. The van der Waals surface area contributed by atoms with Gasteiger partial charge in [0.05, 0.1) is 50.1 Å². The van der Waals surface area contributed by atoms with Gasteiger partial charge in [-0.05, 0) is 24.3 Å². The van der Waals surface area contributed by atoms with E-state index < -0.39 is 24.1 Å². The predicted molar refractivity (Wildman–Crippen MR) is 103 cm³/mol. The molecule has 2 aromatic heterocycles. The lowest BCUT2D eigenvalue weighted by Gasteiger charge is -2.14. The van der Waals surface area contributed by atoms with Crippen LogP contribution >= 0.6 is 0 Å². The number of hydrogen-bond acceptors (Lipinski definition) is 6. The van der Waals surface area contributed by atoms with Gasteiger partial charge in [0.25, 0.3) is 0 Å². The van der Waals surface area contributed by atoms with Crippen LogP contribution < -0.4 is 10.2 Å². The minimum absolute atomic E-state index is 0.101. The summed E-state index contributed by atoms with van der Waals surface area (Å²) in [4.78, 5) is 28.9. The smallest absolute Gasteiger partial charge is 0.414 e. The highest BCUT2D eigenvalue weighted by molar-refractivity contribution is 5.90. The Balaban J connectivity index is 1.45. The van der Waals surface area contributed by atoms with Gasteiger partial charge in [0.2, 0.25) is 0 Å². The van der Waals surface area contributed by atoms with Crippen LogP contribution in [0.2, 0.25) is 0 Å². The second-order valence-corrected chi connectivity index (χ2v) is 6.60. The number of carbonyl (C=O) groups is 2. The van der Waals surface area contributed by atoms with Crippen molar-refractivity contribution in [1.29, 1.82) is 0 Å². The summed E-state index contributed by atoms with van der Waals surface area (Å²) in [7, 11) is 1.24. The molecule has 3 heterocycles. The van der Waals surface area contributed by atoms with Crippen LogP contribution in [0.1, 0.15) is 5.69 Å². The van der Waals surface area contributed by atoms with E-state index >= 15 is 0 Å². The second-order valence-electron chi connectivity index (χ2n) is 6.60. The fraction of sp³-hybridized carbons (Fsp3) is 0.263. The van der Waals surface area contributed by atoms with Gasteiger partial charge in [-0.25, -0.2) is 19.0 Å². The highest BCUT2D eigenvalue weighted by Gasteiger charge is 2.33. The molecule has 1 aliphatic rings. The highest BCUT2D eigenvalue weighted by atomic mass is 19.1. The van der Waals surface area contributed by atoms with Crippen molar-refractivity contribution < 1.29 is 23.5 Å². The normalized spacial score (nSPS) is 15.9. The van der Waals surface area contributed by atoms with Gasteiger partial charge in [-0.3, -0.25) is 9.58 Å². The first kappa shape index (κ1) is 19.4. The van der Waals surface area contributed by atoms with Gasteiger partial charge in [-0.15, -0.1) is 0 Å². The van der Waals surface area contributed by atoms with Crippen molar-refractivity contribution in [2.24, 2.45) is 0 Å². The summed E-state index contributed by atoms with van der Waals surface area (Å²) < 4.78 is 27.8. The average Bonchev–Trinajstić information content (AvgIpc) is 3.48. The molecule has 0 aliphatic carbocycles. The molecule has 2 amide bonds. The molecule has 1 fully saturated rings. The Hall–Kier alpha value is -3.89. The molecular weight excluding hydrogens is 395 g/mol. The zero-order valence-electron chi connectivity index (χ0n) is 16.1. The van der Waals surface area contributed by atoms with E-state index in [2.05, 4.69) is 20.1 Å². The summed E-state index contributed by atoms with van der Waals surface area (Å²) in [5.74, 6) is -0.514. The number of imidazole rings is 1. The molecule has 30 heavy (non-hydrogen) atoms. The van der Waals surface area contributed by atoms with Crippen molar-refractivity contribution in [3.8, 4) is 5.69 Å². The molecule has 0 spiro atoms. The van der Waals surface area contributed by atoms with Gasteiger partial charge in [0, 0.05) is 18.6 Å². The lowest BCUT2D eigenvalue weighted by molar-refractivity contribution is 0.132. The molecule has 0 saturated carbocycles. The van der Waals surface area contributed by atoms with Crippen molar-refractivity contribution in [2.45, 2.75) is 12.6 Å². The van der Waals surface area contributed by atoms with Crippen LogP contribution in [0.15, 0.2) is 49.2 Å². The zero-order chi connectivity index (χ0) is 21.1. The monoisotopic (exact) mass is 414 g/mol. The van der Waals surface area contributed by atoms with E-state index in [9.17, 15) is 14.0 Å². The van der Waals surface area contributed by atoms with E-state index in [0.29, 0.717) is 17.9 Å². The molecule has 1 saturated heterocycles. The number of halogens is 1. The summed E-state index contributed by atoms with van der Waals surface area (Å²) in [6.45, 7) is 0.755. The van der Waals surface area contributed by atoms with Crippen LogP contribution in [0.25, 0.3) is 5.69 Å². The minimum atomic E-state index is -0.618. The number of aromatic nitrogens is 4. The lowest BCUT2D eigenvalue weighted by Crippen LogP contribution is -2.34. The van der Waals surface area contributed by atoms with Crippen LogP contribution in [0.4, 0.5) is 19.7 Å². The zero-order valence-corrected chi connectivity index (χ0v) is 16.1. The molecule has 1 unspecified atom stereocenters. The van der Waals surface area contributed by atoms with Crippen molar-refractivity contribution in [3.05, 3.63) is 60.7 Å². The quantitative estimate of drug-likeness (QED) is 0.661. The molecule has 156 valence electrons. The first-order chi connectivity index (χ1) is 14.5. The Bertz CT molecular complexity index is 1050. The van der Waals surface area contributed by atoms with Crippen LogP contribution in [0, 0.1) is 5.82 Å². The van der Waals surface area contributed by atoms with Gasteiger partial charge in [-0.2, -0.15) is 5.10 Å². The molecule has 1 aliphatic heterocycles. The molecule has 0 bridgehead atoms. The summed E-state index contributed by atoms with van der Waals surface area (Å²) in [6.07, 6.45) is 4.95. The van der Waals surface area contributed by atoms with E-state index in [-0.39, 0.29) is 13.1 Å². The Labute approximate surface area is 170 Å². The summed E-state index contributed by atoms with van der Waals surface area (Å²) >= 11 is 0. The average molecular weight is 414 g/mol. The number of rotatable bonds is 6. The second kappa shape index (κ2) is 8.23. The van der Waals surface area contributed by atoms with Crippen molar-refractivity contribution >= 4 is 17.9 Å². The standard InChI is InChI=1S/C19H19FN6O4/c1-29-18(27)21-8-15-11-26(19(28)30-15)14-3-4-17(16(20)7-14)24-9-13(22-12-24)10-25-6-2-5-23-25/h2-7,9,12,15H,8,10-11H2,1H3,(H,21,27). The van der Waals surface area contributed by atoms with Gasteiger partial charge in [0.1, 0.15) is 11.9 Å². The number of hydrogen-bond donors (Lipinski definition) is 1. The molecule has 0 radical (unpaired) electrons. The maximum Gasteiger partial charge on any atom is 0.414 e. The maximum atomic E-state index is 14.8. The SMILES string of the molecule is COC(=O)NCC1CN(c2ccc(-n3cnc(Cn4cccn4)c3)c(F)c2)C(=O)O1. The number of amides is 2. The molecular formula is C19H19FN6O4. The van der Waals surface area contributed by atoms with E-state index in [0.717, 1.165) is 5.69 Å². The van der Waals surface area contributed by atoms with Crippen molar-refractivity contribution in [3.63, 3.8) is 0 Å². The fourth-order valence-corrected chi connectivity index (χ4v) is 3.12. The Morgan fingerprint density at radius 2 is 2.30 bits per heavy atom. The van der Waals surface area contributed by atoms with Crippen molar-refractivity contribution in [2.75, 3.05) is 25.1 Å². The number of carbonyl (C=O) groups excluding carboxylic acids is 2. The molecule has 3 aromatic rings. The number of nitrogens with zero attached hydrogens (tertiary/aromatic N) is 5. The summed E-state index contributed by atoms with van der Waals surface area (Å²) in [5, 5.41) is 6.59. The molecule has 10 nitrogen and oxygen atoms in total. The van der Waals surface area contributed by atoms with Gasteiger partial charge < -0.3 is 19.4 Å². The highest BCUT2D eigenvalue weighted by Crippen LogP contribution is 2.25. The van der Waals surface area contributed by atoms with Crippen molar-refractivity contribution in [1.82, 2.24) is 24.6 Å². The fourth-order valence-electron chi connectivity index (χ4n) is 3.12. The van der Waals surface area contributed by atoms with Crippen LogP contribution in [0.3, 0.4) is 0 Å².